The molecule has 0 radical (unpaired) electrons. The van der Waals surface area contributed by atoms with Gasteiger partial charge in [0, 0.05) is 5.41 Å². The number of carboxylic acid groups (broad SMARTS) is 1. The van der Waals surface area contributed by atoms with Crippen LogP contribution < -0.4 is 0 Å². The van der Waals surface area contributed by atoms with Crippen LogP contribution in [0.5, 0.6) is 0 Å². The Morgan fingerprint density at radius 2 is 2.08 bits per heavy atom. The monoisotopic (exact) mass is 174 g/mol. The summed E-state index contributed by atoms with van der Waals surface area (Å²) in [5.74, 6) is -2.64. The standard InChI is InChI=1S/C7H10O5/c1-6(2)3-12-5(10)7(6,11)4(8)9/h11H,3H2,1-2H3,(H,8,9). The van der Waals surface area contributed by atoms with Crippen LogP contribution >= 0.6 is 0 Å². The van der Waals surface area contributed by atoms with Crippen LogP contribution in [0.3, 0.4) is 0 Å². The molecule has 0 aliphatic carbocycles. The van der Waals surface area contributed by atoms with Gasteiger partial charge in [0.15, 0.2) is 0 Å². The molecular weight excluding hydrogens is 164 g/mol. The van der Waals surface area contributed by atoms with Gasteiger partial charge in [-0.2, -0.15) is 0 Å². The molecular formula is C7H10O5. The average molecular weight is 174 g/mol. The molecule has 0 aromatic rings. The van der Waals surface area contributed by atoms with E-state index in [0.29, 0.717) is 0 Å². The number of aliphatic carboxylic acids is 1. The Labute approximate surface area is 68.9 Å². The topological polar surface area (TPSA) is 83.8 Å². The van der Waals surface area contributed by atoms with Crippen molar-refractivity contribution in [2.45, 2.75) is 19.4 Å². The van der Waals surface area contributed by atoms with E-state index in [9.17, 15) is 14.7 Å². The van der Waals surface area contributed by atoms with E-state index in [0.717, 1.165) is 0 Å². The third kappa shape index (κ3) is 0.828. The predicted molar refractivity (Wildman–Crippen MR) is 37.3 cm³/mol. The van der Waals surface area contributed by atoms with Crippen LogP contribution in [0, 0.1) is 5.41 Å². The molecule has 2 N–H and O–H groups in total. The molecule has 0 bridgehead atoms. The Bertz CT molecular complexity index is 244. The van der Waals surface area contributed by atoms with Crippen LogP contribution in [0.15, 0.2) is 0 Å². The Morgan fingerprint density at radius 3 is 2.25 bits per heavy atom. The molecule has 1 saturated heterocycles. The van der Waals surface area contributed by atoms with Crippen molar-refractivity contribution in [2.24, 2.45) is 5.41 Å². The lowest BCUT2D eigenvalue weighted by Gasteiger charge is -2.26. The van der Waals surface area contributed by atoms with Crippen LogP contribution in [0.25, 0.3) is 0 Å². The maximum Gasteiger partial charge on any atom is 0.350 e. The van der Waals surface area contributed by atoms with Crippen molar-refractivity contribution in [1.29, 1.82) is 0 Å². The van der Waals surface area contributed by atoms with Crippen LogP contribution in [-0.4, -0.2) is 34.4 Å². The van der Waals surface area contributed by atoms with Gasteiger partial charge in [0.25, 0.3) is 5.60 Å². The highest BCUT2D eigenvalue weighted by Gasteiger charge is 2.62. The Kier molecular flexibility index (Phi) is 1.64. The molecule has 1 fully saturated rings. The van der Waals surface area contributed by atoms with E-state index in [1.54, 1.807) is 0 Å². The van der Waals surface area contributed by atoms with Gasteiger partial charge < -0.3 is 14.9 Å². The zero-order valence-electron chi connectivity index (χ0n) is 6.83. The van der Waals surface area contributed by atoms with E-state index >= 15 is 0 Å². The smallest absolute Gasteiger partial charge is 0.350 e. The third-order valence-corrected chi connectivity index (χ3v) is 2.15. The molecule has 0 aromatic heterocycles. The molecule has 1 aliphatic heterocycles. The van der Waals surface area contributed by atoms with Crippen LogP contribution in [0.2, 0.25) is 0 Å². The summed E-state index contributed by atoms with van der Waals surface area (Å²) in [5, 5.41) is 18.1. The molecule has 0 spiro atoms. The highest BCUT2D eigenvalue weighted by molar-refractivity contribution is 6.04. The van der Waals surface area contributed by atoms with Crippen molar-refractivity contribution in [1.82, 2.24) is 0 Å². The minimum absolute atomic E-state index is 0.0748. The molecule has 0 amide bonds. The molecule has 68 valence electrons. The quantitative estimate of drug-likeness (QED) is 0.409. The zero-order valence-corrected chi connectivity index (χ0v) is 6.83. The molecule has 12 heavy (non-hydrogen) atoms. The van der Waals surface area contributed by atoms with Crippen molar-refractivity contribution >= 4 is 11.9 Å². The van der Waals surface area contributed by atoms with Gasteiger partial charge in [-0.1, -0.05) is 13.8 Å². The summed E-state index contributed by atoms with van der Waals surface area (Å²) < 4.78 is 4.48. The number of hydrogen-bond donors (Lipinski definition) is 2. The van der Waals surface area contributed by atoms with Gasteiger partial charge in [0.05, 0.1) is 0 Å². The van der Waals surface area contributed by atoms with Crippen LogP contribution in [0.4, 0.5) is 0 Å². The van der Waals surface area contributed by atoms with E-state index in [4.69, 9.17) is 5.11 Å². The minimum Gasteiger partial charge on any atom is -0.479 e. The van der Waals surface area contributed by atoms with E-state index < -0.39 is 23.0 Å². The average Bonchev–Trinajstić information content (AvgIpc) is 2.15. The summed E-state index contributed by atoms with van der Waals surface area (Å²) in [6.45, 7) is 2.85. The second kappa shape index (κ2) is 2.20. The second-order valence-electron chi connectivity index (χ2n) is 3.48. The summed E-state index contributed by atoms with van der Waals surface area (Å²) in [6.07, 6.45) is 0. The molecule has 5 nitrogen and oxygen atoms in total. The van der Waals surface area contributed by atoms with Crippen LogP contribution in [0.1, 0.15) is 13.8 Å². The number of hydrogen-bond acceptors (Lipinski definition) is 4. The van der Waals surface area contributed by atoms with Gasteiger partial charge in [-0.15, -0.1) is 0 Å². The van der Waals surface area contributed by atoms with E-state index in [1.807, 2.05) is 0 Å². The largest absolute Gasteiger partial charge is 0.479 e. The van der Waals surface area contributed by atoms with Crippen LogP contribution in [-0.2, 0) is 14.3 Å². The number of rotatable bonds is 1. The second-order valence-corrected chi connectivity index (χ2v) is 3.48. The van der Waals surface area contributed by atoms with Gasteiger partial charge >= 0.3 is 11.9 Å². The highest BCUT2D eigenvalue weighted by atomic mass is 16.6. The molecule has 1 rings (SSSR count). The number of esters is 1. The van der Waals surface area contributed by atoms with E-state index in [1.165, 1.54) is 13.8 Å². The highest BCUT2D eigenvalue weighted by Crippen LogP contribution is 2.38. The van der Waals surface area contributed by atoms with Crippen molar-refractivity contribution < 1.29 is 24.5 Å². The van der Waals surface area contributed by atoms with E-state index in [-0.39, 0.29) is 6.61 Å². The number of cyclic esters (lactones) is 1. The lowest BCUT2D eigenvalue weighted by molar-refractivity contribution is -0.176. The molecule has 1 atom stereocenters. The predicted octanol–water partition coefficient (Wildman–Crippen LogP) is -0.615. The fourth-order valence-corrected chi connectivity index (χ4v) is 1.11. The Balaban J connectivity index is 3.15. The van der Waals surface area contributed by atoms with Crippen molar-refractivity contribution in [2.75, 3.05) is 6.61 Å². The van der Waals surface area contributed by atoms with Gasteiger partial charge in [0.2, 0.25) is 0 Å². The number of carboxylic acids is 1. The number of aliphatic hydroxyl groups is 1. The van der Waals surface area contributed by atoms with Gasteiger partial charge in [-0.05, 0) is 0 Å². The number of carbonyl (C=O) groups excluding carboxylic acids is 1. The SMILES string of the molecule is CC1(C)COC(=O)C1(O)C(=O)O. The molecule has 1 unspecified atom stereocenters. The summed E-state index contributed by atoms with van der Waals surface area (Å²) in [7, 11) is 0. The van der Waals surface area contributed by atoms with Gasteiger partial charge in [-0.3, -0.25) is 0 Å². The first kappa shape index (κ1) is 8.99. The fraction of sp³-hybridized carbons (Fsp3) is 0.714. The number of carbonyl (C=O) groups is 2. The minimum atomic E-state index is -2.40. The van der Waals surface area contributed by atoms with Crippen molar-refractivity contribution in [3.63, 3.8) is 0 Å². The first-order valence-corrected chi connectivity index (χ1v) is 3.45. The summed E-state index contributed by atoms with van der Waals surface area (Å²) in [4.78, 5) is 21.5. The van der Waals surface area contributed by atoms with Crippen molar-refractivity contribution in [3.8, 4) is 0 Å². The lowest BCUT2D eigenvalue weighted by Crippen LogP contribution is -2.53. The first-order chi connectivity index (χ1) is 5.32. The third-order valence-electron chi connectivity index (χ3n) is 2.15. The van der Waals surface area contributed by atoms with Gasteiger partial charge in [0.1, 0.15) is 6.61 Å². The van der Waals surface area contributed by atoms with E-state index in [2.05, 4.69) is 4.74 Å². The molecule has 0 saturated carbocycles. The zero-order chi connectivity index (χ0) is 9.57. The molecule has 0 aromatic carbocycles. The van der Waals surface area contributed by atoms with Crippen molar-refractivity contribution in [3.05, 3.63) is 0 Å². The molecule has 1 heterocycles. The Hall–Kier alpha value is -1.10. The maximum absolute atomic E-state index is 10.9. The maximum atomic E-state index is 10.9. The summed E-state index contributed by atoms with van der Waals surface area (Å²) in [5.41, 5.74) is -3.47. The number of ether oxygens (including phenoxy) is 1. The molecule has 1 aliphatic rings. The summed E-state index contributed by atoms with van der Waals surface area (Å²) in [6, 6.07) is 0. The Morgan fingerprint density at radius 1 is 1.58 bits per heavy atom. The first-order valence-electron chi connectivity index (χ1n) is 3.45. The molecule has 5 heteroatoms. The normalized spacial score (nSPS) is 33.1. The van der Waals surface area contributed by atoms with Gasteiger partial charge in [-0.25, -0.2) is 9.59 Å². The summed E-state index contributed by atoms with van der Waals surface area (Å²) >= 11 is 0. The lowest BCUT2D eigenvalue weighted by atomic mass is 9.77. The fourth-order valence-electron chi connectivity index (χ4n) is 1.11.